The normalized spacial score (nSPS) is 9.38. The van der Waals surface area contributed by atoms with Crippen LogP contribution >= 0.6 is 22.6 Å². The molecule has 0 radical (unpaired) electrons. The van der Waals surface area contributed by atoms with Crippen LogP contribution in [0.25, 0.3) is 0 Å². The van der Waals surface area contributed by atoms with Gasteiger partial charge in [-0.05, 0) is 19.1 Å². The van der Waals surface area contributed by atoms with Gasteiger partial charge in [-0.1, -0.05) is 12.1 Å². The second kappa shape index (κ2) is 5.06. The molecule has 0 heterocycles. The molecule has 4 heteroatoms. The van der Waals surface area contributed by atoms with Crippen LogP contribution in [0.3, 0.4) is 0 Å². The van der Waals surface area contributed by atoms with Crippen LogP contribution in [0.15, 0.2) is 24.3 Å². The summed E-state index contributed by atoms with van der Waals surface area (Å²) in [6.45, 7) is 2.50. The molecule has 0 atom stereocenters. The standard InChI is InChI=1S/C9H10INO2/c1-2-13-8-6-4-3-5-7(8)11-9(10)12/h3-6H,2H2,1H3,(H,11,12). The van der Waals surface area contributed by atoms with E-state index in [1.54, 1.807) is 22.6 Å². The van der Waals surface area contributed by atoms with Gasteiger partial charge in [0.1, 0.15) is 5.75 Å². The van der Waals surface area contributed by atoms with Crippen molar-refractivity contribution in [1.29, 1.82) is 0 Å². The van der Waals surface area contributed by atoms with E-state index < -0.39 is 0 Å². The van der Waals surface area contributed by atoms with Crippen LogP contribution in [0.4, 0.5) is 10.5 Å². The van der Waals surface area contributed by atoms with E-state index in [1.807, 2.05) is 31.2 Å². The molecule has 1 rings (SSSR count). The van der Waals surface area contributed by atoms with Crippen molar-refractivity contribution in [2.45, 2.75) is 6.92 Å². The molecule has 1 aromatic rings. The highest BCUT2D eigenvalue weighted by atomic mass is 127. The maximum Gasteiger partial charge on any atom is 0.285 e. The van der Waals surface area contributed by atoms with Crippen molar-refractivity contribution in [3.8, 4) is 5.75 Å². The van der Waals surface area contributed by atoms with Gasteiger partial charge in [0, 0.05) is 22.6 Å². The Hall–Kier alpha value is -0.780. The monoisotopic (exact) mass is 291 g/mol. The van der Waals surface area contributed by atoms with E-state index in [0.29, 0.717) is 18.0 Å². The first kappa shape index (κ1) is 10.3. The minimum atomic E-state index is -0.121. The van der Waals surface area contributed by atoms with Crippen LogP contribution in [0.2, 0.25) is 0 Å². The van der Waals surface area contributed by atoms with E-state index in [4.69, 9.17) is 4.74 Å². The van der Waals surface area contributed by atoms with Crippen LogP contribution < -0.4 is 10.1 Å². The summed E-state index contributed by atoms with van der Waals surface area (Å²) in [4.78, 5) is 10.8. The number of anilines is 1. The number of rotatable bonds is 3. The number of para-hydroxylation sites is 2. The van der Waals surface area contributed by atoms with Crippen molar-refractivity contribution >= 4 is 32.2 Å². The quantitative estimate of drug-likeness (QED) is 0.528. The van der Waals surface area contributed by atoms with Crippen LogP contribution in [0.5, 0.6) is 5.75 Å². The fraction of sp³-hybridized carbons (Fsp3) is 0.222. The predicted octanol–water partition coefficient (Wildman–Crippen LogP) is 3.05. The maximum atomic E-state index is 10.8. The highest BCUT2D eigenvalue weighted by molar-refractivity contribution is 14.1. The zero-order valence-corrected chi connectivity index (χ0v) is 9.37. The fourth-order valence-electron chi connectivity index (χ4n) is 0.957. The number of hydrogen-bond donors (Lipinski definition) is 1. The van der Waals surface area contributed by atoms with Gasteiger partial charge in [0.2, 0.25) is 0 Å². The van der Waals surface area contributed by atoms with E-state index in [9.17, 15) is 4.79 Å². The van der Waals surface area contributed by atoms with E-state index in [0.717, 1.165) is 0 Å². The summed E-state index contributed by atoms with van der Waals surface area (Å²) < 4.78 is 5.20. The minimum absolute atomic E-state index is 0.121. The third kappa shape index (κ3) is 3.22. The van der Waals surface area contributed by atoms with Crippen molar-refractivity contribution in [1.82, 2.24) is 0 Å². The number of benzene rings is 1. The molecule has 1 amide bonds. The largest absolute Gasteiger partial charge is 0.492 e. The van der Waals surface area contributed by atoms with Crippen LogP contribution in [0, 0.1) is 0 Å². The van der Waals surface area contributed by atoms with Crippen molar-refractivity contribution in [2.75, 3.05) is 11.9 Å². The molecule has 1 aromatic carbocycles. The number of carbonyl (C=O) groups excluding carboxylic acids is 1. The summed E-state index contributed by atoms with van der Waals surface area (Å²) in [6, 6.07) is 7.35. The molecular weight excluding hydrogens is 281 g/mol. The summed E-state index contributed by atoms with van der Waals surface area (Å²) in [7, 11) is 0. The number of hydrogen-bond acceptors (Lipinski definition) is 2. The molecule has 0 bridgehead atoms. The van der Waals surface area contributed by atoms with Gasteiger partial charge in [-0.2, -0.15) is 0 Å². The number of ether oxygens (including phenoxy) is 1. The minimum Gasteiger partial charge on any atom is -0.492 e. The van der Waals surface area contributed by atoms with Crippen molar-refractivity contribution in [2.24, 2.45) is 0 Å². The molecule has 0 unspecified atom stereocenters. The molecule has 0 saturated heterocycles. The van der Waals surface area contributed by atoms with Crippen LogP contribution in [-0.4, -0.2) is 10.5 Å². The molecule has 70 valence electrons. The lowest BCUT2D eigenvalue weighted by molar-refractivity contribution is 0.271. The molecule has 0 aromatic heterocycles. The Labute approximate surface area is 90.6 Å². The Morgan fingerprint density at radius 3 is 2.85 bits per heavy atom. The molecule has 0 spiro atoms. The molecule has 0 fully saturated rings. The Balaban J connectivity index is 2.84. The third-order valence-electron chi connectivity index (χ3n) is 1.42. The molecule has 0 aliphatic heterocycles. The molecule has 1 N–H and O–H groups in total. The Kier molecular flexibility index (Phi) is 4.01. The van der Waals surface area contributed by atoms with Gasteiger partial charge in [0.25, 0.3) is 3.91 Å². The van der Waals surface area contributed by atoms with Gasteiger partial charge in [0.05, 0.1) is 12.3 Å². The Morgan fingerprint density at radius 1 is 1.54 bits per heavy atom. The highest BCUT2D eigenvalue weighted by Gasteiger charge is 2.03. The van der Waals surface area contributed by atoms with Crippen LogP contribution in [0.1, 0.15) is 6.92 Å². The van der Waals surface area contributed by atoms with Crippen molar-refractivity contribution in [3.05, 3.63) is 24.3 Å². The number of nitrogens with one attached hydrogen (secondary N) is 1. The van der Waals surface area contributed by atoms with Crippen LogP contribution in [-0.2, 0) is 0 Å². The summed E-state index contributed by atoms with van der Waals surface area (Å²) in [6.07, 6.45) is 0. The van der Waals surface area contributed by atoms with Crippen molar-refractivity contribution < 1.29 is 9.53 Å². The Bertz CT molecular complexity index is 301. The Morgan fingerprint density at radius 2 is 2.23 bits per heavy atom. The summed E-state index contributed by atoms with van der Waals surface area (Å²) in [5.41, 5.74) is 0.712. The fourth-order valence-corrected chi connectivity index (χ4v) is 1.25. The summed E-state index contributed by atoms with van der Waals surface area (Å²) >= 11 is 1.69. The average molecular weight is 291 g/mol. The van der Waals surface area contributed by atoms with Gasteiger partial charge < -0.3 is 10.1 Å². The lowest BCUT2D eigenvalue weighted by atomic mass is 10.3. The second-order valence-corrected chi connectivity index (χ2v) is 3.31. The van der Waals surface area contributed by atoms with Crippen molar-refractivity contribution in [3.63, 3.8) is 0 Å². The van der Waals surface area contributed by atoms with Gasteiger partial charge >= 0.3 is 0 Å². The topological polar surface area (TPSA) is 38.3 Å². The number of halogens is 1. The van der Waals surface area contributed by atoms with Gasteiger partial charge in [0.15, 0.2) is 0 Å². The molecular formula is C9H10INO2. The van der Waals surface area contributed by atoms with Gasteiger partial charge in [-0.25, -0.2) is 0 Å². The first-order valence-electron chi connectivity index (χ1n) is 3.92. The third-order valence-corrected chi connectivity index (χ3v) is 1.69. The molecule has 0 saturated carbocycles. The highest BCUT2D eigenvalue weighted by Crippen LogP contribution is 2.23. The van der Waals surface area contributed by atoms with E-state index >= 15 is 0 Å². The lowest BCUT2D eigenvalue weighted by Gasteiger charge is -2.08. The van der Waals surface area contributed by atoms with Gasteiger partial charge in [-0.15, -0.1) is 0 Å². The van der Waals surface area contributed by atoms with E-state index in [2.05, 4.69) is 5.32 Å². The lowest BCUT2D eigenvalue weighted by Crippen LogP contribution is -2.03. The van der Waals surface area contributed by atoms with E-state index in [-0.39, 0.29) is 3.91 Å². The SMILES string of the molecule is CCOc1ccccc1NC(=O)I. The number of amides is 1. The average Bonchev–Trinajstić information content (AvgIpc) is 2.08. The first-order valence-corrected chi connectivity index (χ1v) is 5.00. The zero-order chi connectivity index (χ0) is 9.68. The zero-order valence-electron chi connectivity index (χ0n) is 7.21. The first-order chi connectivity index (χ1) is 6.24. The molecule has 3 nitrogen and oxygen atoms in total. The molecule has 0 aliphatic carbocycles. The molecule has 13 heavy (non-hydrogen) atoms. The molecule has 0 aliphatic rings. The maximum absolute atomic E-state index is 10.8. The number of carbonyl (C=O) groups is 1. The summed E-state index contributed by atoms with van der Waals surface area (Å²) in [5, 5.41) is 2.68. The smallest absolute Gasteiger partial charge is 0.285 e. The second-order valence-electron chi connectivity index (χ2n) is 2.33. The van der Waals surface area contributed by atoms with E-state index in [1.165, 1.54) is 0 Å². The predicted molar refractivity (Wildman–Crippen MR) is 60.6 cm³/mol. The van der Waals surface area contributed by atoms with Gasteiger partial charge in [-0.3, -0.25) is 4.79 Å². The summed E-state index contributed by atoms with van der Waals surface area (Å²) in [5.74, 6) is 0.704.